The number of rotatable bonds is 7. The van der Waals surface area contributed by atoms with Crippen molar-refractivity contribution < 1.29 is 4.74 Å². The van der Waals surface area contributed by atoms with Crippen LogP contribution in [0.25, 0.3) is 0 Å². The Bertz CT molecular complexity index is 493. The van der Waals surface area contributed by atoms with E-state index < -0.39 is 0 Å². The number of hydrogen-bond acceptors (Lipinski definition) is 2. The van der Waals surface area contributed by atoms with E-state index in [1.807, 2.05) is 7.05 Å². The normalized spacial score (nSPS) is 12.3. The van der Waals surface area contributed by atoms with Crippen molar-refractivity contribution >= 4 is 0 Å². The summed E-state index contributed by atoms with van der Waals surface area (Å²) in [5, 5.41) is 3.40. The summed E-state index contributed by atoms with van der Waals surface area (Å²) in [6, 6.07) is 19.8. The van der Waals surface area contributed by atoms with Gasteiger partial charge in [0.2, 0.25) is 0 Å². The predicted molar refractivity (Wildman–Crippen MR) is 84.0 cm³/mol. The third-order valence-electron chi connectivity index (χ3n) is 3.61. The van der Waals surface area contributed by atoms with Gasteiger partial charge in [0.25, 0.3) is 0 Å². The van der Waals surface area contributed by atoms with Gasteiger partial charge < -0.3 is 10.1 Å². The van der Waals surface area contributed by atoms with Crippen LogP contribution >= 0.6 is 0 Å². The molecule has 0 bridgehead atoms. The van der Waals surface area contributed by atoms with E-state index in [4.69, 9.17) is 4.74 Å². The van der Waals surface area contributed by atoms with Crippen molar-refractivity contribution in [2.24, 2.45) is 0 Å². The van der Waals surface area contributed by atoms with Crippen LogP contribution in [0.3, 0.4) is 0 Å². The van der Waals surface area contributed by atoms with E-state index in [2.05, 4.69) is 59.9 Å². The Kier molecular flexibility index (Phi) is 5.78. The molecule has 0 fully saturated rings. The number of methoxy groups -OCH3 is 1. The van der Waals surface area contributed by atoms with E-state index in [1.54, 1.807) is 7.11 Å². The summed E-state index contributed by atoms with van der Waals surface area (Å²) in [5.74, 6) is 0. The third kappa shape index (κ3) is 4.19. The molecule has 0 spiro atoms. The van der Waals surface area contributed by atoms with Gasteiger partial charge in [0.05, 0.1) is 6.61 Å². The summed E-state index contributed by atoms with van der Waals surface area (Å²) in [7, 11) is 3.76. The lowest BCUT2D eigenvalue weighted by atomic mass is 9.97. The van der Waals surface area contributed by atoms with Gasteiger partial charge in [-0.3, -0.25) is 0 Å². The fraction of sp³-hybridized carbons (Fsp3) is 0.333. The van der Waals surface area contributed by atoms with E-state index in [9.17, 15) is 0 Å². The highest BCUT2D eigenvalue weighted by molar-refractivity contribution is 5.27. The van der Waals surface area contributed by atoms with Gasteiger partial charge in [-0.05, 0) is 36.6 Å². The minimum Gasteiger partial charge on any atom is -0.384 e. The number of nitrogens with one attached hydrogen (secondary N) is 1. The summed E-state index contributed by atoms with van der Waals surface area (Å²) >= 11 is 0. The lowest BCUT2D eigenvalue weighted by Crippen LogP contribution is -2.18. The van der Waals surface area contributed by atoms with Gasteiger partial charge >= 0.3 is 0 Å². The van der Waals surface area contributed by atoms with E-state index in [1.165, 1.54) is 16.7 Å². The number of hydrogen-bond donors (Lipinski definition) is 1. The monoisotopic (exact) mass is 269 g/mol. The van der Waals surface area contributed by atoms with E-state index >= 15 is 0 Å². The molecule has 2 heteroatoms. The lowest BCUT2D eigenvalue weighted by molar-refractivity contribution is 0.202. The van der Waals surface area contributed by atoms with Crippen LogP contribution in [0, 0.1) is 0 Å². The molecule has 2 aromatic rings. The van der Waals surface area contributed by atoms with Crippen LogP contribution in [-0.2, 0) is 17.6 Å². The highest BCUT2D eigenvalue weighted by atomic mass is 16.5. The van der Waals surface area contributed by atoms with Crippen molar-refractivity contribution in [1.82, 2.24) is 5.32 Å². The third-order valence-corrected chi connectivity index (χ3v) is 3.61. The molecule has 0 aliphatic rings. The minimum atomic E-state index is 0.355. The van der Waals surface area contributed by atoms with Gasteiger partial charge in [-0.15, -0.1) is 0 Å². The molecule has 1 N–H and O–H groups in total. The summed E-state index contributed by atoms with van der Waals surface area (Å²) in [6.07, 6.45) is 1.98. The van der Waals surface area contributed by atoms with Gasteiger partial charge in [-0.1, -0.05) is 54.6 Å². The van der Waals surface area contributed by atoms with Crippen LogP contribution in [0.5, 0.6) is 0 Å². The maximum absolute atomic E-state index is 5.11. The van der Waals surface area contributed by atoms with Crippen LogP contribution in [0.2, 0.25) is 0 Å². The summed E-state index contributed by atoms with van der Waals surface area (Å²) in [4.78, 5) is 0. The first-order valence-electron chi connectivity index (χ1n) is 7.12. The SMILES string of the molecule is CNC(Cc1ccccc1)c1ccc(CCOC)cc1. The van der Waals surface area contributed by atoms with Gasteiger partial charge in [-0.25, -0.2) is 0 Å². The zero-order valence-electron chi connectivity index (χ0n) is 12.3. The van der Waals surface area contributed by atoms with Crippen molar-refractivity contribution in [2.45, 2.75) is 18.9 Å². The summed E-state index contributed by atoms with van der Waals surface area (Å²) in [5.41, 5.74) is 4.01. The first-order chi connectivity index (χ1) is 9.83. The molecule has 2 nitrogen and oxygen atoms in total. The van der Waals surface area contributed by atoms with Crippen LogP contribution in [0.1, 0.15) is 22.7 Å². The van der Waals surface area contributed by atoms with Crippen molar-refractivity contribution in [3.05, 3.63) is 71.3 Å². The second-order valence-electron chi connectivity index (χ2n) is 5.02. The molecule has 0 aromatic heterocycles. The van der Waals surface area contributed by atoms with E-state index in [-0.39, 0.29) is 0 Å². The molecule has 106 valence electrons. The quantitative estimate of drug-likeness (QED) is 0.832. The van der Waals surface area contributed by atoms with E-state index in [0.29, 0.717) is 6.04 Å². The Hall–Kier alpha value is -1.64. The van der Waals surface area contributed by atoms with Crippen LogP contribution < -0.4 is 5.32 Å². The Labute approximate surface area is 121 Å². The molecule has 0 aliphatic carbocycles. The van der Waals surface area contributed by atoms with Gasteiger partial charge in [0.1, 0.15) is 0 Å². The largest absolute Gasteiger partial charge is 0.384 e. The molecule has 2 aromatic carbocycles. The zero-order valence-corrected chi connectivity index (χ0v) is 12.3. The summed E-state index contributed by atoms with van der Waals surface area (Å²) < 4.78 is 5.11. The Balaban J connectivity index is 2.04. The Morgan fingerprint density at radius 3 is 2.25 bits per heavy atom. The van der Waals surface area contributed by atoms with Crippen LogP contribution in [0.4, 0.5) is 0 Å². The highest BCUT2D eigenvalue weighted by Crippen LogP contribution is 2.19. The van der Waals surface area contributed by atoms with Gasteiger partial charge in [0, 0.05) is 13.2 Å². The smallest absolute Gasteiger partial charge is 0.0502 e. The molecule has 0 radical (unpaired) electrons. The molecule has 0 amide bonds. The molecule has 1 unspecified atom stereocenters. The van der Waals surface area contributed by atoms with Crippen molar-refractivity contribution in [2.75, 3.05) is 20.8 Å². The molecule has 2 rings (SSSR count). The topological polar surface area (TPSA) is 21.3 Å². The van der Waals surface area contributed by atoms with Gasteiger partial charge in [0.15, 0.2) is 0 Å². The molecular formula is C18H23NO. The number of ether oxygens (including phenoxy) is 1. The average molecular weight is 269 g/mol. The molecule has 0 aliphatic heterocycles. The Morgan fingerprint density at radius 1 is 0.950 bits per heavy atom. The van der Waals surface area contributed by atoms with Crippen molar-refractivity contribution in [3.8, 4) is 0 Å². The van der Waals surface area contributed by atoms with Crippen LogP contribution in [0.15, 0.2) is 54.6 Å². The standard InChI is InChI=1S/C18H23NO/c1-19-18(14-16-6-4-3-5-7-16)17-10-8-15(9-11-17)12-13-20-2/h3-11,18-19H,12-14H2,1-2H3. The molecule has 0 heterocycles. The average Bonchev–Trinajstić information content (AvgIpc) is 2.52. The van der Waals surface area contributed by atoms with E-state index in [0.717, 1.165) is 19.4 Å². The van der Waals surface area contributed by atoms with Gasteiger partial charge in [-0.2, -0.15) is 0 Å². The maximum Gasteiger partial charge on any atom is 0.0502 e. The molecule has 0 saturated carbocycles. The molecule has 0 saturated heterocycles. The predicted octanol–water partition coefficient (Wildman–Crippen LogP) is 3.38. The minimum absolute atomic E-state index is 0.355. The second-order valence-corrected chi connectivity index (χ2v) is 5.02. The molecular weight excluding hydrogens is 246 g/mol. The zero-order chi connectivity index (χ0) is 14.2. The lowest BCUT2D eigenvalue weighted by Gasteiger charge is -2.17. The number of likely N-dealkylation sites (N-methyl/N-ethyl adjacent to an activating group) is 1. The highest BCUT2D eigenvalue weighted by Gasteiger charge is 2.09. The maximum atomic E-state index is 5.11. The van der Waals surface area contributed by atoms with Crippen molar-refractivity contribution in [1.29, 1.82) is 0 Å². The first-order valence-corrected chi connectivity index (χ1v) is 7.12. The number of benzene rings is 2. The second kappa shape index (κ2) is 7.83. The van der Waals surface area contributed by atoms with Crippen LogP contribution in [-0.4, -0.2) is 20.8 Å². The molecule has 1 atom stereocenters. The Morgan fingerprint density at radius 2 is 1.65 bits per heavy atom. The first kappa shape index (κ1) is 14.8. The van der Waals surface area contributed by atoms with Crippen molar-refractivity contribution in [3.63, 3.8) is 0 Å². The fourth-order valence-electron chi connectivity index (χ4n) is 2.37. The fourth-order valence-corrected chi connectivity index (χ4v) is 2.37. The molecule has 20 heavy (non-hydrogen) atoms. The summed E-state index contributed by atoms with van der Waals surface area (Å²) in [6.45, 7) is 0.777.